The topological polar surface area (TPSA) is 95.9 Å². The van der Waals surface area contributed by atoms with Gasteiger partial charge in [-0.3, -0.25) is 4.79 Å². The third-order valence-corrected chi connectivity index (χ3v) is 3.20. The Kier molecular flexibility index (Phi) is 4.31. The van der Waals surface area contributed by atoms with Crippen LogP contribution in [0.4, 0.5) is 5.82 Å². The quantitative estimate of drug-likeness (QED) is 0.508. The maximum atomic E-state index is 10.6. The Balaban J connectivity index is 2.02. The summed E-state index contributed by atoms with van der Waals surface area (Å²) in [6.45, 7) is 2.55. The van der Waals surface area contributed by atoms with E-state index in [1.54, 1.807) is 0 Å². The van der Waals surface area contributed by atoms with Crippen molar-refractivity contribution in [2.24, 2.45) is 0 Å². The van der Waals surface area contributed by atoms with E-state index in [0.29, 0.717) is 28.3 Å². The van der Waals surface area contributed by atoms with Crippen molar-refractivity contribution in [3.63, 3.8) is 0 Å². The third-order valence-electron chi connectivity index (χ3n) is 2.60. The first-order chi connectivity index (χ1) is 9.09. The lowest BCUT2D eigenvalue weighted by molar-refractivity contribution is -0.141. The molecule has 0 aliphatic carbocycles. The van der Waals surface area contributed by atoms with Gasteiger partial charge in [0.2, 0.25) is 0 Å². The predicted molar refractivity (Wildman–Crippen MR) is 73.3 cm³/mol. The monoisotopic (exact) mass is 327 g/mol. The van der Waals surface area contributed by atoms with Crippen LogP contribution in [0.15, 0.2) is 11.1 Å². The zero-order chi connectivity index (χ0) is 13.8. The summed E-state index contributed by atoms with van der Waals surface area (Å²) in [5, 5.41) is 0. The van der Waals surface area contributed by atoms with E-state index in [4.69, 9.17) is 10.5 Å². The van der Waals surface area contributed by atoms with Crippen molar-refractivity contribution < 1.29 is 9.53 Å². The van der Waals surface area contributed by atoms with Gasteiger partial charge in [0.15, 0.2) is 21.7 Å². The van der Waals surface area contributed by atoms with Crippen molar-refractivity contribution in [2.75, 3.05) is 12.3 Å². The van der Waals surface area contributed by atoms with E-state index in [1.165, 1.54) is 13.3 Å². The first-order valence-corrected chi connectivity index (χ1v) is 6.64. The van der Waals surface area contributed by atoms with Gasteiger partial charge in [-0.25, -0.2) is 15.0 Å². The van der Waals surface area contributed by atoms with E-state index in [-0.39, 0.29) is 5.97 Å². The molecule has 7 nitrogen and oxygen atoms in total. The average molecular weight is 328 g/mol. The molecule has 2 rings (SSSR count). The fraction of sp³-hybridized carbons (Fsp3) is 0.455. The molecule has 0 spiro atoms. The largest absolute Gasteiger partial charge is 0.466 e. The number of ether oxygens (including phenoxy) is 1. The number of anilines is 1. The Morgan fingerprint density at radius 1 is 1.47 bits per heavy atom. The summed E-state index contributed by atoms with van der Waals surface area (Å²) in [6.07, 6.45) is 3.05. The van der Waals surface area contributed by atoms with Crippen LogP contribution in [0.25, 0.3) is 11.2 Å². The number of fused-ring (bicyclic) bond motifs is 1. The molecule has 0 aromatic carbocycles. The summed E-state index contributed by atoms with van der Waals surface area (Å²) in [5.41, 5.74) is 7.04. The van der Waals surface area contributed by atoms with Crippen molar-refractivity contribution in [3.8, 4) is 0 Å². The molecule has 0 unspecified atom stereocenters. The number of nitrogen functional groups attached to an aromatic ring is 1. The highest BCUT2D eigenvalue weighted by molar-refractivity contribution is 9.10. The van der Waals surface area contributed by atoms with Gasteiger partial charge < -0.3 is 15.0 Å². The Morgan fingerprint density at radius 3 is 3.00 bits per heavy atom. The zero-order valence-electron chi connectivity index (χ0n) is 10.5. The number of esters is 1. The number of hydrogen-bond acceptors (Lipinski definition) is 6. The number of aryl methyl sites for hydroxylation is 1. The molecule has 19 heavy (non-hydrogen) atoms. The second-order valence-corrected chi connectivity index (χ2v) is 4.72. The number of carbonyl (C=O) groups is 1. The number of rotatable bonds is 5. The highest BCUT2D eigenvalue weighted by Gasteiger charge is 2.12. The van der Waals surface area contributed by atoms with Crippen LogP contribution in [0.3, 0.4) is 0 Å². The van der Waals surface area contributed by atoms with Crippen LogP contribution in [0.1, 0.15) is 19.8 Å². The maximum absolute atomic E-state index is 10.6. The Labute approximate surface area is 118 Å². The highest BCUT2D eigenvalue weighted by atomic mass is 79.9. The Hall–Kier alpha value is -1.70. The summed E-state index contributed by atoms with van der Waals surface area (Å²) in [4.78, 5) is 23.0. The third kappa shape index (κ3) is 3.19. The molecule has 0 bridgehead atoms. The Bertz CT molecular complexity index is 598. The lowest BCUT2D eigenvalue weighted by atomic mass is 10.3. The van der Waals surface area contributed by atoms with Gasteiger partial charge in [-0.2, -0.15) is 0 Å². The fourth-order valence-corrected chi connectivity index (χ4v) is 2.24. The van der Waals surface area contributed by atoms with Crippen LogP contribution in [0, 0.1) is 0 Å². The van der Waals surface area contributed by atoms with Gasteiger partial charge in [0.25, 0.3) is 0 Å². The standard InChI is InChI=1S/C11H14BrN5O2/c1-7(18)19-5-3-2-4-17-10-8(16-11(17)12)9(13)14-6-15-10/h6H,2-5H2,1H3,(H2,13,14,15). The van der Waals surface area contributed by atoms with Gasteiger partial charge in [-0.1, -0.05) is 0 Å². The van der Waals surface area contributed by atoms with Gasteiger partial charge in [0, 0.05) is 13.5 Å². The average Bonchev–Trinajstić information content (AvgIpc) is 2.67. The number of unbranched alkanes of at least 4 members (excludes halogenated alkanes) is 1. The minimum Gasteiger partial charge on any atom is -0.466 e. The molecular formula is C11H14BrN5O2. The number of hydrogen-bond donors (Lipinski definition) is 1. The zero-order valence-corrected chi connectivity index (χ0v) is 12.1. The first-order valence-electron chi connectivity index (χ1n) is 5.85. The summed E-state index contributed by atoms with van der Waals surface area (Å²) in [5.74, 6) is 0.110. The van der Waals surface area contributed by atoms with Gasteiger partial charge in [-0.15, -0.1) is 0 Å². The minimum atomic E-state index is -0.255. The lowest BCUT2D eigenvalue weighted by Gasteiger charge is -2.05. The van der Waals surface area contributed by atoms with Crippen LogP contribution in [-0.4, -0.2) is 32.1 Å². The van der Waals surface area contributed by atoms with Crippen LogP contribution in [0.5, 0.6) is 0 Å². The van der Waals surface area contributed by atoms with Crippen LogP contribution < -0.4 is 5.73 Å². The molecule has 2 heterocycles. The molecule has 0 aliphatic rings. The smallest absolute Gasteiger partial charge is 0.302 e. The van der Waals surface area contributed by atoms with Crippen LogP contribution in [0.2, 0.25) is 0 Å². The molecular weight excluding hydrogens is 314 g/mol. The van der Waals surface area contributed by atoms with Crippen molar-refractivity contribution in [2.45, 2.75) is 26.3 Å². The maximum Gasteiger partial charge on any atom is 0.302 e. The lowest BCUT2D eigenvalue weighted by Crippen LogP contribution is -2.04. The van der Waals surface area contributed by atoms with E-state index in [1.807, 2.05) is 4.57 Å². The van der Waals surface area contributed by atoms with Gasteiger partial charge in [-0.05, 0) is 28.8 Å². The molecule has 0 saturated heterocycles. The Morgan fingerprint density at radius 2 is 2.26 bits per heavy atom. The molecule has 2 N–H and O–H groups in total. The second-order valence-electron chi connectivity index (χ2n) is 4.01. The van der Waals surface area contributed by atoms with E-state index in [9.17, 15) is 4.79 Å². The molecule has 0 aliphatic heterocycles. The van der Waals surface area contributed by atoms with Crippen LogP contribution in [-0.2, 0) is 16.1 Å². The van der Waals surface area contributed by atoms with Crippen molar-refractivity contribution in [1.82, 2.24) is 19.5 Å². The molecule has 0 amide bonds. The fourth-order valence-electron chi connectivity index (χ4n) is 1.71. The summed E-state index contributed by atoms with van der Waals surface area (Å²) in [6, 6.07) is 0. The highest BCUT2D eigenvalue weighted by Crippen LogP contribution is 2.21. The summed E-state index contributed by atoms with van der Waals surface area (Å²) in [7, 11) is 0. The molecule has 0 radical (unpaired) electrons. The molecule has 8 heteroatoms. The number of halogens is 1. The van der Waals surface area contributed by atoms with Crippen molar-refractivity contribution in [1.29, 1.82) is 0 Å². The number of aromatic nitrogens is 4. The van der Waals surface area contributed by atoms with E-state index >= 15 is 0 Å². The number of nitrogens with two attached hydrogens (primary N) is 1. The normalized spacial score (nSPS) is 10.8. The van der Waals surface area contributed by atoms with Crippen molar-refractivity contribution in [3.05, 3.63) is 11.1 Å². The van der Waals surface area contributed by atoms with Crippen LogP contribution >= 0.6 is 15.9 Å². The molecule has 0 saturated carbocycles. The minimum absolute atomic E-state index is 0.255. The molecule has 0 fully saturated rings. The number of nitrogens with zero attached hydrogens (tertiary/aromatic N) is 4. The number of carbonyl (C=O) groups excluding carboxylic acids is 1. The predicted octanol–water partition coefficient (Wildman–Crippen LogP) is 1.51. The van der Waals surface area contributed by atoms with Gasteiger partial charge in [0.05, 0.1) is 6.61 Å². The molecule has 102 valence electrons. The SMILES string of the molecule is CC(=O)OCCCCn1c(Br)nc2c(N)ncnc21. The van der Waals surface area contributed by atoms with E-state index in [0.717, 1.165) is 19.4 Å². The molecule has 2 aromatic heterocycles. The second kappa shape index (κ2) is 5.96. The summed E-state index contributed by atoms with van der Waals surface area (Å²) >= 11 is 3.38. The van der Waals surface area contributed by atoms with Gasteiger partial charge in [0.1, 0.15) is 6.33 Å². The summed E-state index contributed by atoms with van der Waals surface area (Å²) < 4.78 is 7.46. The van der Waals surface area contributed by atoms with Gasteiger partial charge >= 0.3 is 5.97 Å². The van der Waals surface area contributed by atoms with Crippen molar-refractivity contribution >= 4 is 38.9 Å². The first kappa shape index (κ1) is 13.7. The van der Waals surface area contributed by atoms with E-state index < -0.39 is 0 Å². The number of imidazole rings is 1. The molecule has 2 aromatic rings. The molecule has 0 atom stereocenters. The van der Waals surface area contributed by atoms with E-state index in [2.05, 4.69) is 30.9 Å².